The molecule has 7 nitrogen and oxygen atoms in total. The molecule has 3 aromatic carbocycles. The van der Waals surface area contributed by atoms with Gasteiger partial charge in [0.1, 0.15) is 11.4 Å². The number of benzene rings is 3. The van der Waals surface area contributed by atoms with Crippen LogP contribution in [0.1, 0.15) is 18.5 Å². The fourth-order valence-corrected chi connectivity index (χ4v) is 3.07. The summed E-state index contributed by atoms with van der Waals surface area (Å²) in [6, 6.07) is 18.3. The van der Waals surface area contributed by atoms with Gasteiger partial charge in [0.25, 0.3) is 5.69 Å². The molecule has 0 fully saturated rings. The third-order valence-corrected chi connectivity index (χ3v) is 4.53. The minimum atomic E-state index is -0.551. The van der Waals surface area contributed by atoms with Crippen LogP contribution < -0.4 is 15.4 Å². The molecule has 3 aromatic rings. The molecule has 0 aliphatic carbocycles. The van der Waals surface area contributed by atoms with Crippen LogP contribution in [0.15, 0.2) is 60.7 Å². The normalized spacial score (nSPS) is 11.8. The highest BCUT2D eigenvalue weighted by atomic mass is 16.6. The van der Waals surface area contributed by atoms with Crippen LogP contribution in [-0.2, 0) is 4.79 Å². The molecule has 0 radical (unpaired) electrons. The van der Waals surface area contributed by atoms with E-state index < -0.39 is 4.92 Å². The van der Waals surface area contributed by atoms with Gasteiger partial charge in [-0.2, -0.15) is 0 Å². The number of carbonyl (C=O) groups is 1. The summed E-state index contributed by atoms with van der Waals surface area (Å²) < 4.78 is 5.00. The van der Waals surface area contributed by atoms with Crippen LogP contribution in [-0.4, -0.2) is 24.5 Å². The van der Waals surface area contributed by atoms with E-state index in [9.17, 15) is 14.9 Å². The van der Waals surface area contributed by atoms with Gasteiger partial charge in [0.15, 0.2) is 0 Å². The van der Waals surface area contributed by atoms with E-state index in [2.05, 4.69) is 10.6 Å². The number of ether oxygens (including phenoxy) is 1. The van der Waals surface area contributed by atoms with E-state index in [0.29, 0.717) is 5.75 Å². The molecule has 144 valence electrons. The Bertz CT molecular complexity index is 1010. The summed E-state index contributed by atoms with van der Waals surface area (Å²) in [6.45, 7) is 2.00. The Morgan fingerprint density at radius 3 is 2.64 bits per heavy atom. The Balaban J connectivity index is 1.68. The predicted molar refractivity (Wildman–Crippen MR) is 109 cm³/mol. The van der Waals surface area contributed by atoms with Gasteiger partial charge < -0.3 is 15.4 Å². The Hall–Kier alpha value is -3.45. The highest BCUT2D eigenvalue weighted by molar-refractivity contribution is 5.94. The number of rotatable bonds is 7. The van der Waals surface area contributed by atoms with E-state index in [4.69, 9.17) is 4.74 Å². The van der Waals surface area contributed by atoms with Crippen LogP contribution >= 0.6 is 0 Å². The number of hydrogen-bond acceptors (Lipinski definition) is 5. The quantitative estimate of drug-likeness (QED) is 0.477. The van der Waals surface area contributed by atoms with Crippen molar-refractivity contribution in [3.63, 3.8) is 0 Å². The number of nitrogens with one attached hydrogen (secondary N) is 2. The third kappa shape index (κ3) is 4.27. The van der Waals surface area contributed by atoms with Crippen molar-refractivity contribution in [2.45, 2.75) is 13.0 Å². The van der Waals surface area contributed by atoms with Crippen molar-refractivity contribution in [3.05, 3.63) is 76.3 Å². The van der Waals surface area contributed by atoms with Gasteiger partial charge >= 0.3 is 0 Å². The van der Waals surface area contributed by atoms with E-state index >= 15 is 0 Å². The Morgan fingerprint density at radius 2 is 1.89 bits per heavy atom. The number of hydrogen-bond donors (Lipinski definition) is 2. The summed E-state index contributed by atoms with van der Waals surface area (Å²) >= 11 is 0. The molecular weight excluding hydrogens is 358 g/mol. The lowest BCUT2D eigenvalue weighted by atomic mass is 10.00. The highest BCUT2D eigenvalue weighted by Gasteiger charge is 2.18. The molecule has 0 aliphatic rings. The van der Waals surface area contributed by atoms with Gasteiger partial charge in [-0.25, -0.2) is 0 Å². The Kier molecular flexibility index (Phi) is 5.86. The smallest absolute Gasteiger partial charge is 0.296 e. The third-order valence-electron chi connectivity index (χ3n) is 4.53. The molecule has 1 atom stereocenters. The van der Waals surface area contributed by atoms with Crippen LogP contribution in [0, 0.1) is 10.1 Å². The van der Waals surface area contributed by atoms with Crippen molar-refractivity contribution in [3.8, 4) is 5.75 Å². The van der Waals surface area contributed by atoms with E-state index in [0.717, 1.165) is 16.3 Å². The number of anilines is 1. The average molecular weight is 379 g/mol. The summed E-state index contributed by atoms with van der Waals surface area (Å²) in [6.07, 6.45) is 0. The maximum absolute atomic E-state index is 12.3. The number of nitro benzene ring substituents is 1. The molecule has 0 bridgehead atoms. The standard InChI is InChI=1S/C21H21N3O4/c1-14(17-9-5-7-15-6-3-4-8-18(15)17)22-13-21(25)23-19-11-10-16(28-2)12-20(19)24(26)27/h3-12,14,22H,13H2,1-2H3,(H,23,25)/t14-/m0/s1. The first kappa shape index (κ1) is 19.3. The van der Waals surface area contributed by atoms with Crippen molar-refractivity contribution in [1.29, 1.82) is 0 Å². The van der Waals surface area contributed by atoms with Gasteiger partial charge in [-0.1, -0.05) is 42.5 Å². The molecule has 2 N–H and O–H groups in total. The maximum atomic E-state index is 12.3. The molecule has 0 spiro atoms. The number of methoxy groups -OCH3 is 1. The molecule has 7 heteroatoms. The van der Waals surface area contributed by atoms with Crippen molar-refractivity contribution in [1.82, 2.24) is 5.32 Å². The van der Waals surface area contributed by atoms with Gasteiger partial charge in [0.2, 0.25) is 5.91 Å². The monoisotopic (exact) mass is 379 g/mol. The zero-order valence-corrected chi connectivity index (χ0v) is 15.6. The van der Waals surface area contributed by atoms with E-state index in [1.807, 2.05) is 49.4 Å². The van der Waals surface area contributed by atoms with E-state index in [-0.39, 0.29) is 29.9 Å². The molecule has 0 unspecified atom stereocenters. The molecule has 28 heavy (non-hydrogen) atoms. The highest BCUT2D eigenvalue weighted by Crippen LogP contribution is 2.29. The zero-order chi connectivity index (χ0) is 20.1. The van der Waals surface area contributed by atoms with Gasteiger partial charge in [-0.15, -0.1) is 0 Å². The van der Waals surface area contributed by atoms with Crippen LogP contribution in [0.2, 0.25) is 0 Å². The van der Waals surface area contributed by atoms with Gasteiger partial charge in [-0.3, -0.25) is 14.9 Å². The van der Waals surface area contributed by atoms with Crippen LogP contribution in [0.4, 0.5) is 11.4 Å². The first-order chi connectivity index (χ1) is 13.5. The molecule has 0 saturated carbocycles. The number of carbonyl (C=O) groups excluding carboxylic acids is 1. The second-order valence-corrected chi connectivity index (χ2v) is 6.36. The molecule has 0 aromatic heterocycles. The SMILES string of the molecule is COc1ccc(NC(=O)CN[C@@H](C)c2cccc3ccccc23)c([N+](=O)[O-])c1. The van der Waals surface area contributed by atoms with Crippen molar-refractivity contribution in [2.24, 2.45) is 0 Å². The largest absolute Gasteiger partial charge is 0.496 e. The summed E-state index contributed by atoms with van der Waals surface area (Å²) in [4.78, 5) is 23.0. The molecule has 1 amide bonds. The second-order valence-electron chi connectivity index (χ2n) is 6.36. The van der Waals surface area contributed by atoms with Crippen molar-refractivity contribution < 1.29 is 14.5 Å². The lowest BCUT2D eigenvalue weighted by Gasteiger charge is -2.16. The van der Waals surface area contributed by atoms with E-state index in [1.165, 1.54) is 19.2 Å². The fourth-order valence-electron chi connectivity index (χ4n) is 3.07. The van der Waals surface area contributed by atoms with Gasteiger partial charge in [0, 0.05) is 6.04 Å². The molecular formula is C21H21N3O4. The minimum absolute atomic E-state index is 0.0214. The summed E-state index contributed by atoms with van der Waals surface area (Å²) in [7, 11) is 1.43. The van der Waals surface area contributed by atoms with Crippen LogP contribution in [0.25, 0.3) is 10.8 Å². The molecule has 0 aliphatic heterocycles. The lowest BCUT2D eigenvalue weighted by Crippen LogP contribution is -2.30. The van der Waals surface area contributed by atoms with Crippen molar-refractivity contribution >= 4 is 28.1 Å². The topological polar surface area (TPSA) is 93.5 Å². The minimum Gasteiger partial charge on any atom is -0.496 e. The van der Waals surface area contributed by atoms with Crippen LogP contribution in [0.3, 0.4) is 0 Å². The predicted octanol–water partition coefficient (Wildman–Crippen LogP) is 4.05. The van der Waals surface area contributed by atoms with Gasteiger partial charge in [-0.05, 0) is 35.4 Å². The second kappa shape index (κ2) is 8.49. The summed E-state index contributed by atoms with van der Waals surface area (Å²) in [5.74, 6) is -0.00671. The zero-order valence-electron chi connectivity index (χ0n) is 15.6. The number of nitro groups is 1. The summed E-state index contributed by atoms with van der Waals surface area (Å²) in [5.41, 5.74) is 1.01. The maximum Gasteiger partial charge on any atom is 0.296 e. The summed E-state index contributed by atoms with van der Waals surface area (Å²) in [5, 5.41) is 19.2. The first-order valence-electron chi connectivity index (χ1n) is 8.83. The van der Waals surface area contributed by atoms with Crippen LogP contribution in [0.5, 0.6) is 5.75 Å². The van der Waals surface area contributed by atoms with Crippen molar-refractivity contribution in [2.75, 3.05) is 19.0 Å². The lowest BCUT2D eigenvalue weighted by molar-refractivity contribution is -0.384. The molecule has 0 saturated heterocycles. The first-order valence-corrected chi connectivity index (χ1v) is 8.83. The Morgan fingerprint density at radius 1 is 1.14 bits per heavy atom. The molecule has 3 rings (SSSR count). The fraction of sp³-hybridized carbons (Fsp3) is 0.190. The number of nitrogens with zero attached hydrogens (tertiary/aromatic N) is 1. The number of fused-ring (bicyclic) bond motifs is 1. The van der Waals surface area contributed by atoms with Gasteiger partial charge in [0.05, 0.1) is 24.6 Å². The molecule has 0 heterocycles. The number of amides is 1. The average Bonchev–Trinajstić information content (AvgIpc) is 2.71. The van der Waals surface area contributed by atoms with E-state index in [1.54, 1.807) is 6.07 Å². The Labute approximate surface area is 162 Å².